The lowest BCUT2D eigenvalue weighted by molar-refractivity contribution is -0.145. The lowest BCUT2D eigenvalue weighted by Crippen LogP contribution is -2.39. The Hall–Kier alpha value is -0.220. The molecule has 0 aliphatic carbocycles. The summed E-state index contributed by atoms with van der Waals surface area (Å²) in [5, 5.41) is 0.0890. The van der Waals surface area contributed by atoms with Crippen molar-refractivity contribution in [3.8, 4) is 0 Å². The summed E-state index contributed by atoms with van der Waals surface area (Å²) >= 11 is 1.73. The molecule has 1 unspecified atom stereocenters. The minimum atomic E-state index is -0.311. The first-order valence-electron chi connectivity index (χ1n) is 5.08. The predicted octanol–water partition coefficient (Wildman–Crippen LogP) is 2.12. The van der Waals surface area contributed by atoms with E-state index in [0.29, 0.717) is 0 Å². The summed E-state index contributed by atoms with van der Waals surface area (Å²) in [4.78, 5) is 16.8. The average molecular weight is 217 g/mol. The molecule has 0 aromatic carbocycles. The molecule has 0 bridgehead atoms. The number of thioether (sulfide) groups is 1. The van der Waals surface area contributed by atoms with Crippen LogP contribution in [0.2, 0.25) is 0 Å². The van der Waals surface area contributed by atoms with Gasteiger partial charge in [0.1, 0.15) is 0 Å². The van der Waals surface area contributed by atoms with Gasteiger partial charge in [0.2, 0.25) is 0 Å². The fourth-order valence-corrected chi connectivity index (χ4v) is 2.40. The Labute approximate surface area is 89.9 Å². The quantitative estimate of drug-likeness (QED) is 0.720. The molecule has 1 atom stereocenters. The number of amides is 1. The van der Waals surface area contributed by atoms with Gasteiger partial charge in [0.05, 0.1) is 10.9 Å². The van der Waals surface area contributed by atoms with Crippen molar-refractivity contribution in [3.05, 3.63) is 0 Å². The molecule has 1 aliphatic heterocycles. The summed E-state index contributed by atoms with van der Waals surface area (Å²) < 4.78 is 0. The molecule has 1 heterocycles. The zero-order chi connectivity index (χ0) is 10.6. The molecule has 0 spiro atoms. The van der Waals surface area contributed by atoms with Gasteiger partial charge < -0.3 is 0 Å². The maximum Gasteiger partial charge on any atom is 0.256 e. The standard InChI is InChI=1S/C10H19NO2S/c1-10(2,3)13-11-9(12)8-6-4-5-7-14-8/h8H,4-7H2,1-3H3,(H,11,12). The molecule has 14 heavy (non-hydrogen) atoms. The molecule has 0 radical (unpaired) electrons. The molecule has 0 aromatic rings. The van der Waals surface area contributed by atoms with E-state index in [2.05, 4.69) is 5.48 Å². The van der Waals surface area contributed by atoms with E-state index in [1.807, 2.05) is 20.8 Å². The zero-order valence-corrected chi connectivity index (χ0v) is 9.95. The number of hydroxylamine groups is 1. The Balaban J connectivity index is 2.27. The molecule has 1 N–H and O–H groups in total. The van der Waals surface area contributed by atoms with E-state index in [1.54, 1.807) is 11.8 Å². The molecule has 1 amide bonds. The molecule has 1 aliphatic rings. The van der Waals surface area contributed by atoms with E-state index in [0.717, 1.165) is 18.6 Å². The van der Waals surface area contributed by atoms with Crippen LogP contribution in [0.3, 0.4) is 0 Å². The van der Waals surface area contributed by atoms with Crippen LogP contribution in [0.25, 0.3) is 0 Å². The monoisotopic (exact) mass is 217 g/mol. The van der Waals surface area contributed by atoms with Gasteiger partial charge in [-0.2, -0.15) is 0 Å². The van der Waals surface area contributed by atoms with Crippen molar-refractivity contribution in [2.45, 2.75) is 50.9 Å². The number of carbonyl (C=O) groups is 1. The Bertz CT molecular complexity index is 195. The molecule has 1 fully saturated rings. The summed E-state index contributed by atoms with van der Waals surface area (Å²) in [6, 6.07) is 0. The second kappa shape index (κ2) is 5.03. The SMILES string of the molecule is CC(C)(C)ONC(=O)C1CCCCS1. The van der Waals surface area contributed by atoms with Crippen LogP contribution in [0.1, 0.15) is 40.0 Å². The Morgan fingerprint density at radius 2 is 2.14 bits per heavy atom. The molecule has 82 valence electrons. The van der Waals surface area contributed by atoms with Crippen molar-refractivity contribution in [2.24, 2.45) is 0 Å². The summed E-state index contributed by atoms with van der Waals surface area (Å²) in [6.07, 6.45) is 3.36. The maximum atomic E-state index is 11.6. The van der Waals surface area contributed by atoms with E-state index >= 15 is 0 Å². The van der Waals surface area contributed by atoms with Crippen molar-refractivity contribution < 1.29 is 9.63 Å². The van der Waals surface area contributed by atoms with Crippen LogP contribution in [0.15, 0.2) is 0 Å². The summed E-state index contributed by atoms with van der Waals surface area (Å²) in [5.74, 6) is 1.11. The summed E-state index contributed by atoms with van der Waals surface area (Å²) in [7, 11) is 0. The number of hydrogen-bond acceptors (Lipinski definition) is 3. The fourth-order valence-electron chi connectivity index (χ4n) is 1.22. The van der Waals surface area contributed by atoms with Crippen LogP contribution in [0.4, 0.5) is 0 Å². The van der Waals surface area contributed by atoms with Gasteiger partial charge in [-0.05, 0) is 39.4 Å². The van der Waals surface area contributed by atoms with Gasteiger partial charge in [0.15, 0.2) is 0 Å². The Kier molecular flexibility index (Phi) is 4.26. The minimum absolute atomic E-state index is 0.0182. The van der Waals surface area contributed by atoms with Gasteiger partial charge in [-0.25, -0.2) is 5.48 Å². The van der Waals surface area contributed by atoms with Crippen molar-refractivity contribution in [3.63, 3.8) is 0 Å². The highest BCUT2D eigenvalue weighted by molar-refractivity contribution is 8.00. The lowest BCUT2D eigenvalue weighted by Gasteiger charge is -2.23. The van der Waals surface area contributed by atoms with Crippen LogP contribution < -0.4 is 5.48 Å². The average Bonchev–Trinajstić information content (AvgIpc) is 2.14. The molecule has 4 heteroatoms. The van der Waals surface area contributed by atoms with Gasteiger partial charge in [-0.15, -0.1) is 11.8 Å². The molecular weight excluding hydrogens is 198 g/mol. The fraction of sp³-hybridized carbons (Fsp3) is 0.900. The third-order valence-corrected chi connectivity index (χ3v) is 3.31. The Morgan fingerprint density at radius 3 is 2.64 bits per heavy atom. The third-order valence-electron chi connectivity index (χ3n) is 1.93. The van der Waals surface area contributed by atoms with Crippen LogP contribution in [-0.4, -0.2) is 22.5 Å². The molecule has 1 rings (SSSR count). The second-order valence-electron chi connectivity index (χ2n) is 4.54. The van der Waals surface area contributed by atoms with Crippen LogP contribution in [0.5, 0.6) is 0 Å². The number of carbonyl (C=O) groups excluding carboxylic acids is 1. The molecule has 1 saturated heterocycles. The number of hydrogen-bond donors (Lipinski definition) is 1. The first-order chi connectivity index (χ1) is 6.49. The van der Waals surface area contributed by atoms with Gasteiger partial charge in [0.25, 0.3) is 5.91 Å². The lowest BCUT2D eigenvalue weighted by atomic mass is 10.2. The van der Waals surface area contributed by atoms with Crippen LogP contribution >= 0.6 is 11.8 Å². The number of rotatable bonds is 2. The zero-order valence-electron chi connectivity index (χ0n) is 9.13. The highest BCUT2D eigenvalue weighted by atomic mass is 32.2. The van der Waals surface area contributed by atoms with Gasteiger partial charge in [-0.3, -0.25) is 9.63 Å². The largest absolute Gasteiger partial charge is 0.272 e. The molecular formula is C10H19NO2S. The van der Waals surface area contributed by atoms with Crippen LogP contribution in [0, 0.1) is 0 Å². The Morgan fingerprint density at radius 1 is 1.43 bits per heavy atom. The van der Waals surface area contributed by atoms with E-state index in [9.17, 15) is 4.79 Å². The smallest absolute Gasteiger partial charge is 0.256 e. The first kappa shape index (κ1) is 11.9. The van der Waals surface area contributed by atoms with E-state index in [1.165, 1.54) is 6.42 Å². The van der Waals surface area contributed by atoms with Crippen molar-refractivity contribution in [1.82, 2.24) is 5.48 Å². The summed E-state index contributed by atoms with van der Waals surface area (Å²) in [5.41, 5.74) is 2.22. The van der Waals surface area contributed by atoms with Gasteiger partial charge in [-0.1, -0.05) is 6.42 Å². The van der Waals surface area contributed by atoms with Crippen molar-refractivity contribution in [1.29, 1.82) is 0 Å². The highest BCUT2D eigenvalue weighted by Gasteiger charge is 2.23. The summed E-state index contributed by atoms with van der Waals surface area (Å²) in [6.45, 7) is 5.75. The van der Waals surface area contributed by atoms with Gasteiger partial charge >= 0.3 is 0 Å². The second-order valence-corrected chi connectivity index (χ2v) is 5.85. The topological polar surface area (TPSA) is 38.3 Å². The van der Waals surface area contributed by atoms with Crippen molar-refractivity contribution >= 4 is 17.7 Å². The van der Waals surface area contributed by atoms with Gasteiger partial charge in [0, 0.05) is 0 Å². The molecule has 0 saturated carbocycles. The maximum absolute atomic E-state index is 11.6. The predicted molar refractivity (Wildman–Crippen MR) is 59.1 cm³/mol. The minimum Gasteiger partial charge on any atom is -0.272 e. The number of nitrogens with one attached hydrogen (secondary N) is 1. The van der Waals surface area contributed by atoms with E-state index < -0.39 is 0 Å². The van der Waals surface area contributed by atoms with E-state index in [4.69, 9.17) is 4.84 Å². The first-order valence-corrected chi connectivity index (χ1v) is 6.13. The van der Waals surface area contributed by atoms with Crippen LogP contribution in [-0.2, 0) is 9.63 Å². The van der Waals surface area contributed by atoms with Crippen molar-refractivity contribution in [2.75, 3.05) is 5.75 Å². The highest BCUT2D eigenvalue weighted by Crippen LogP contribution is 2.25. The molecule has 0 aromatic heterocycles. The third kappa shape index (κ3) is 4.33. The van der Waals surface area contributed by atoms with E-state index in [-0.39, 0.29) is 16.8 Å². The normalized spacial score (nSPS) is 23.2. The molecule has 3 nitrogen and oxygen atoms in total.